The average Bonchev–Trinajstić information content (AvgIpc) is 2.37. The summed E-state index contributed by atoms with van der Waals surface area (Å²) in [4.78, 5) is 0. The Morgan fingerprint density at radius 3 is 2.59 bits per heavy atom. The summed E-state index contributed by atoms with van der Waals surface area (Å²) in [5.41, 5.74) is 7.03. The summed E-state index contributed by atoms with van der Waals surface area (Å²) >= 11 is 0. The Morgan fingerprint density at radius 1 is 1.29 bits per heavy atom. The van der Waals surface area contributed by atoms with Crippen molar-refractivity contribution in [3.8, 4) is 11.8 Å². The van der Waals surface area contributed by atoms with Crippen molar-refractivity contribution in [1.82, 2.24) is 0 Å². The molecule has 2 unspecified atom stereocenters. The molecule has 1 rings (SSSR count). The van der Waals surface area contributed by atoms with Crippen LogP contribution in [0.4, 0.5) is 0 Å². The zero-order valence-corrected chi connectivity index (χ0v) is 10.5. The minimum absolute atomic E-state index is 0.141. The number of nitrogens with two attached hydrogens (primary N) is 1. The molecule has 92 valence electrons. The van der Waals surface area contributed by atoms with Crippen LogP contribution in [-0.4, -0.2) is 12.1 Å². The molecule has 0 aromatic heterocycles. The number of ether oxygens (including phenoxy) is 1. The molecule has 0 bridgehead atoms. The third kappa shape index (κ3) is 4.08. The molecule has 3 nitrogen and oxygen atoms in total. The van der Waals surface area contributed by atoms with E-state index >= 15 is 0 Å². The van der Waals surface area contributed by atoms with Crippen LogP contribution >= 0.6 is 0 Å². The van der Waals surface area contributed by atoms with E-state index in [0.29, 0.717) is 6.42 Å². The fraction of sp³-hybridized carbons (Fsp3) is 0.500. The van der Waals surface area contributed by atoms with E-state index in [4.69, 9.17) is 15.7 Å². The van der Waals surface area contributed by atoms with Gasteiger partial charge in [-0.1, -0.05) is 32.0 Å². The molecule has 0 radical (unpaired) electrons. The Bertz CT molecular complexity index is 384. The normalized spacial score (nSPS) is 13.8. The highest BCUT2D eigenvalue weighted by Gasteiger charge is 2.11. The van der Waals surface area contributed by atoms with Gasteiger partial charge in [0.25, 0.3) is 0 Å². The Hall–Kier alpha value is -1.53. The Labute approximate surface area is 103 Å². The molecule has 2 N–H and O–H groups in total. The average molecular weight is 232 g/mol. The fourth-order valence-corrected chi connectivity index (χ4v) is 1.57. The predicted molar refractivity (Wildman–Crippen MR) is 68.7 cm³/mol. The van der Waals surface area contributed by atoms with Crippen molar-refractivity contribution in [2.45, 2.75) is 45.3 Å². The van der Waals surface area contributed by atoms with Gasteiger partial charge in [-0.2, -0.15) is 5.26 Å². The van der Waals surface area contributed by atoms with Crippen LogP contribution < -0.4 is 10.5 Å². The van der Waals surface area contributed by atoms with Crippen molar-refractivity contribution in [1.29, 1.82) is 5.26 Å². The molecule has 0 fully saturated rings. The van der Waals surface area contributed by atoms with Gasteiger partial charge in [0.15, 0.2) is 6.10 Å². The number of para-hydroxylation sites is 1. The number of benzene rings is 1. The van der Waals surface area contributed by atoms with Crippen molar-refractivity contribution in [3.05, 3.63) is 29.8 Å². The summed E-state index contributed by atoms with van der Waals surface area (Å²) in [6.07, 6.45) is 2.03. The zero-order chi connectivity index (χ0) is 12.7. The standard InChI is InChI=1S/C14H20N2O/c1-3-12(16)9-11-7-5-6-8-14(11)17-13(4-2)10-15/h5-8,12-13H,3-4,9,16H2,1-2H3. The van der Waals surface area contributed by atoms with Crippen LogP contribution in [-0.2, 0) is 6.42 Å². The number of hydrogen-bond acceptors (Lipinski definition) is 3. The number of rotatable bonds is 6. The first-order valence-corrected chi connectivity index (χ1v) is 6.11. The van der Waals surface area contributed by atoms with Crippen molar-refractivity contribution in [2.24, 2.45) is 5.73 Å². The van der Waals surface area contributed by atoms with Gasteiger partial charge in [-0.3, -0.25) is 0 Å². The number of hydrogen-bond donors (Lipinski definition) is 1. The van der Waals surface area contributed by atoms with E-state index in [1.54, 1.807) is 0 Å². The third-order valence-electron chi connectivity index (χ3n) is 2.76. The maximum atomic E-state index is 8.91. The molecule has 0 heterocycles. The molecule has 0 amide bonds. The quantitative estimate of drug-likeness (QED) is 0.820. The van der Waals surface area contributed by atoms with Crippen LogP contribution in [0.25, 0.3) is 0 Å². The van der Waals surface area contributed by atoms with Gasteiger partial charge in [0.2, 0.25) is 0 Å². The zero-order valence-electron chi connectivity index (χ0n) is 10.5. The molecule has 0 aliphatic carbocycles. The van der Waals surface area contributed by atoms with Gasteiger partial charge < -0.3 is 10.5 Å². The van der Waals surface area contributed by atoms with Crippen molar-refractivity contribution in [3.63, 3.8) is 0 Å². The number of nitrogens with zero attached hydrogens (tertiary/aromatic N) is 1. The van der Waals surface area contributed by atoms with Crippen molar-refractivity contribution in [2.75, 3.05) is 0 Å². The SMILES string of the molecule is CCC(N)Cc1ccccc1OC(C#N)CC. The highest BCUT2D eigenvalue weighted by molar-refractivity contribution is 5.34. The molecule has 0 aliphatic rings. The molecule has 2 atom stereocenters. The van der Waals surface area contributed by atoms with Gasteiger partial charge >= 0.3 is 0 Å². The topological polar surface area (TPSA) is 59.0 Å². The first-order valence-electron chi connectivity index (χ1n) is 6.11. The van der Waals surface area contributed by atoms with Gasteiger partial charge in [-0.05, 0) is 30.9 Å². The summed E-state index contributed by atoms with van der Waals surface area (Å²) < 4.78 is 5.67. The van der Waals surface area contributed by atoms with E-state index in [9.17, 15) is 0 Å². The molecule has 3 heteroatoms. The van der Waals surface area contributed by atoms with Gasteiger partial charge in [0, 0.05) is 6.04 Å². The Balaban J connectivity index is 2.81. The summed E-state index contributed by atoms with van der Waals surface area (Å²) in [5, 5.41) is 8.91. The van der Waals surface area contributed by atoms with E-state index in [2.05, 4.69) is 13.0 Å². The van der Waals surface area contributed by atoms with E-state index in [0.717, 1.165) is 24.2 Å². The lowest BCUT2D eigenvalue weighted by Gasteiger charge is -2.16. The van der Waals surface area contributed by atoms with Crippen molar-refractivity contribution >= 4 is 0 Å². The maximum absolute atomic E-state index is 8.91. The van der Waals surface area contributed by atoms with Gasteiger partial charge in [0.05, 0.1) is 0 Å². The van der Waals surface area contributed by atoms with Gasteiger partial charge in [-0.25, -0.2) is 0 Å². The Kier molecular flexibility index (Phi) is 5.51. The van der Waals surface area contributed by atoms with E-state index in [-0.39, 0.29) is 12.1 Å². The molecule has 1 aromatic carbocycles. The first-order chi connectivity index (χ1) is 8.21. The summed E-state index contributed by atoms with van der Waals surface area (Å²) in [6.45, 7) is 4.01. The van der Waals surface area contributed by atoms with Crippen LogP contribution in [0.15, 0.2) is 24.3 Å². The lowest BCUT2D eigenvalue weighted by atomic mass is 10.0. The highest BCUT2D eigenvalue weighted by atomic mass is 16.5. The van der Waals surface area contributed by atoms with Crippen molar-refractivity contribution < 1.29 is 4.74 Å². The van der Waals surface area contributed by atoms with E-state index < -0.39 is 0 Å². The second-order valence-electron chi connectivity index (χ2n) is 4.12. The molecular formula is C14H20N2O. The van der Waals surface area contributed by atoms with Crippen LogP contribution in [0, 0.1) is 11.3 Å². The van der Waals surface area contributed by atoms with E-state index in [1.807, 2.05) is 31.2 Å². The summed E-state index contributed by atoms with van der Waals surface area (Å²) in [6, 6.07) is 10.1. The molecule has 17 heavy (non-hydrogen) atoms. The van der Waals surface area contributed by atoms with Crippen LogP contribution in [0.1, 0.15) is 32.3 Å². The second kappa shape index (κ2) is 6.93. The smallest absolute Gasteiger partial charge is 0.184 e. The number of nitriles is 1. The largest absolute Gasteiger partial charge is 0.475 e. The predicted octanol–water partition coefficient (Wildman–Crippen LogP) is 2.65. The molecule has 0 saturated heterocycles. The highest BCUT2D eigenvalue weighted by Crippen LogP contribution is 2.21. The maximum Gasteiger partial charge on any atom is 0.184 e. The summed E-state index contributed by atoms with van der Waals surface area (Å²) in [5.74, 6) is 0.782. The molecule has 0 saturated carbocycles. The molecular weight excluding hydrogens is 212 g/mol. The van der Waals surface area contributed by atoms with Crippen LogP contribution in [0.3, 0.4) is 0 Å². The second-order valence-corrected chi connectivity index (χ2v) is 4.12. The van der Waals surface area contributed by atoms with Crippen LogP contribution in [0.2, 0.25) is 0 Å². The molecule has 1 aromatic rings. The Morgan fingerprint density at radius 2 is 2.00 bits per heavy atom. The van der Waals surface area contributed by atoms with Gasteiger partial charge in [0.1, 0.15) is 11.8 Å². The van der Waals surface area contributed by atoms with E-state index in [1.165, 1.54) is 0 Å². The molecule has 0 aliphatic heterocycles. The monoisotopic (exact) mass is 232 g/mol. The first kappa shape index (κ1) is 13.5. The molecule has 0 spiro atoms. The third-order valence-corrected chi connectivity index (χ3v) is 2.76. The van der Waals surface area contributed by atoms with Crippen LogP contribution in [0.5, 0.6) is 5.75 Å². The lowest BCUT2D eigenvalue weighted by Crippen LogP contribution is -2.22. The summed E-state index contributed by atoms with van der Waals surface area (Å²) in [7, 11) is 0. The minimum Gasteiger partial charge on any atom is -0.475 e. The van der Waals surface area contributed by atoms with Gasteiger partial charge in [-0.15, -0.1) is 0 Å². The lowest BCUT2D eigenvalue weighted by molar-refractivity contribution is 0.249. The fourth-order valence-electron chi connectivity index (χ4n) is 1.57. The minimum atomic E-state index is -0.381.